The van der Waals surface area contributed by atoms with Gasteiger partial charge in [-0.05, 0) is 31.9 Å². The zero-order valence-corrected chi connectivity index (χ0v) is 16.1. The first-order valence-electron chi connectivity index (χ1n) is 8.61. The number of piperidine rings is 1. The number of rotatable bonds is 4. The van der Waals surface area contributed by atoms with E-state index in [2.05, 4.69) is 5.10 Å². The summed E-state index contributed by atoms with van der Waals surface area (Å²) in [5, 5.41) is 4.36. The van der Waals surface area contributed by atoms with Crippen molar-refractivity contribution in [3.05, 3.63) is 47.8 Å². The van der Waals surface area contributed by atoms with Gasteiger partial charge in [0, 0.05) is 26.2 Å². The Morgan fingerprint density at radius 3 is 2.38 bits per heavy atom. The third-order valence-electron chi connectivity index (χ3n) is 5.00. The molecule has 1 aromatic carbocycles. The summed E-state index contributed by atoms with van der Waals surface area (Å²) in [5.74, 6) is -0.0810. The van der Waals surface area contributed by atoms with Gasteiger partial charge >= 0.3 is 0 Å². The molecule has 2 heterocycles. The van der Waals surface area contributed by atoms with Crippen molar-refractivity contribution in [3.8, 4) is 5.69 Å². The van der Waals surface area contributed by atoms with Crippen LogP contribution in [0.1, 0.15) is 28.9 Å². The second kappa shape index (κ2) is 7.20. The number of carbonyl (C=O) groups is 1. The lowest BCUT2D eigenvalue weighted by molar-refractivity contribution is 0.0681. The number of amides is 1. The van der Waals surface area contributed by atoms with Gasteiger partial charge in [-0.15, -0.1) is 0 Å². The molecular weight excluding hydrogens is 352 g/mol. The van der Waals surface area contributed by atoms with Gasteiger partial charge in [-0.3, -0.25) is 4.79 Å². The molecule has 3 rings (SSSR count). The van der Waals surface area contributed by atoms with Crippen LogP contribution in [-0.4, -0.2) is 65.7 Å². The van der Waals surface area contributed by atoms with Crippen LogP contribution in [0.5, 0.6) is 0 Å². The van der Waals surface area contributed by atoms with Crippen molar-refractivity contribution in [1.82, 2.24) is 19.0 Å². The van der Waals surface area contributed by atoms with Crippen LogP contribution in [0.2, 0.25) is 0 Å². The summed E-state index contributed by atoms with van der Waals surface area (Å²) in [6, 6.07) is 9.71. The monoisotopic (exact) mass is 376 g/mol. The number of para-hydroxylation sites is 1. The predicted octanol–water partition coefficient (Wildman–Crippen LogP) is 1.68. The highest BCUT2D eigenvalue weighted by Crippen LogP contribution is 2.21. The number of nitrogens with zero attached hydrogens (tertiary/aromatic N) is 4. The molecule has 0 spiro atoms. The summed E-state index contributed by atoms with van der Waals surface area (Å²) in [6.45, 7) is 2.78. The van der Waals surface area contributed by atoms with Crippen LogP contribution in [0.4, 0.5) is 0 Å². The van der Waals surface area contributed by atoms with E-state index in [-0.39, 0.29) is 11.9 Å². The number of carbonyl (C=O) groups excluding carboxylic acids is 1. The second-order valence-corrected chi connectivity index (χ2v) is 8.68. The Bertz CT molecular complexity index is 884. The standard InChI is InChI=1S/C18H24N4O3S/c1-14-17(13-19-22(14)16-7-5-4-6-8-16)18(23)20(2)15-9-11-21(12-10-15)26(3,24)25/h4-8,13,15H,9-12H2,1-3H3. The van der Waals surface area contributed by atoms with E-state index >= 15 is 0 Å². The first-order valence-corrected chi connectivity index (χ1v) is 10.5. The fourth-order valence-corrected chi connectivity index (χ4v) is 4.24. The van der Waals surface area contributed by atoms with E-state index in [1.807, 2.05) is 37.3 Å². The van der Waals surface area contributed by atoms with Crippen LogP contribution < -0.4 is 0 Å². The maximum atomic E-state index is 12.9. The summed E-state index contributed by atoms with van der Waals surface area (Å²) in [6.07, 6.45) is 4.11. The van der Waals surface area contributed by atoms with E-state index in [0.29, 0.717) is 31.5 Å². The summed E-state index contributed by atoms with van der Waals surface area (Å²) < 4.78 is 26.5. The Hall–Kier alpha value is -2.19. The average Bonchev–Trinajstić information content (AvgIpc) is 3.02. The van der Waals surface area contributed by atoms with Crippen molar-refractivity contribution in [1.29, 1.82) is 0 Å². The van der Waals surface area contributed by atoms with Crippen molar-refractivity contribution < 1.29 is 13.2 Å². The fourth-order valence-electron chi connectivity index (χ4n) is 3.37. The highest BCUT2D eigenvalue weighted by atomic mass is 32.2. The predicted molar refractivity (Wildman–Crippen MR) is 99.8 cm³/mol. The number of sulfonamides is 1. The van der Waals surface area contributed by atoms with Gasteiger partial charge in [0.15, 0.2) is 0 Å². The molecule has 1 aliphatic heterocycles. The quantitative estimate of drug-likeness (QED) is 0.814. The third-order valence-corrected chi connectivity index (χ3v) is 6.30. The van der Waals surface area contributed by atoms with Crippen LogP contribution in [-0.2, 0) is 10.0 Å². The molecule has 0 radical (unpaired) electrons. The Morgan fingerprint density at radius 2 is 1.81 bits per heavy atom. The molecule has 0 atom stereocenters. The molecule has 7 nitrogen and oxygen atoms in total. The van der Waals surface area contributed by atoms with E-state index in [1.54, 1.807) is 22.8 Å². The van der Waals surface area contributed by atoms with Crippen LogP contribution >= 0.6 is 0 Å². The molecule has 140 valence electrons. The summed E-state index contributed by atoms with van der Waals surface area (Å²) in [5.41, 5.74) is 2.27. The zero-order chi connectivity index (χ0) is 18.9. The molecule has 8 heteroatoms. The molecule has 0 bridgehead atoms. The molecule has 1 aromatic heterocycles. The lowest BCUT2D eigenvalue weighted by atomic mass is 10.0. The molecule has 1 aliphatic rings. The lowest BCUT2D eigenvalue weighted by Crippen LogP contribution is -2.47. The van der Waals surface area contributed by atoms with Crippen molar-refractivity contribution in [3.63, 3.8) is 0 Å². The second-order valence-electron chi connectivity index (χ2n) is 6.70. The first kappa shape index (κ1) is 18.6. The van der Waals surface area contributed by atoms with Crippen LogP contribution in [0.3, 0.4) is 0 Å². The number of benzene rings is 1. The Labute approximate surface area is 154 Å². The zero-order valence-electron chi connectivity index (χ0n) is 15.3. The number of hydrogen-bond donors (Lipinski definition) is 0. The molecule has 0 N–H and O–H groups in total. The lowest BCUT2D eigenvalue weighted by Gasteiger charge is -2.35. The van der Waals surface area contributed by atoms with Crippen molar-refractivity contribution >= 4 is 15.9 Å². The van der Waals surface area contributed by atoms with E-state index in [0.717, 1.165) is 11.4 Å². The maximum Gasteiger partial charge on any atom is 0.257 e. The van der Waals surface area contributed by atoms with Crippen molar-refractivity contribution in [2.45, 2.75) is 25.8 Å². The minimum atomic E-state index is -3.16. The smallest absolute Gasteiger partial charge is 0.257 e. The van der Waals surface area contributed by atoms with Crippen molar-refractivity contribution in [2.24, 2.45) is 0 Å². The van der Waals surface area contributed by atoms with Crippen LogP contribution in [0, 0.1) is 6.92 Å². The molecule has 1 amide bonds. The molecule has 1 fully saturated rings. The topological polar surface area (TPSA) is 75.5 Å². The Morgan fingerprint density at radius 1 is 1.19 bits per heavy atom. The molecule has 0 saturated carbocycles. The van der Waals surface area contributed by atoms with E-state index < -0.39 is 10.0 Å². The molecule has 1 saturated heterocycles. The summed E-state index contributed by atoms with van der Waals surface area (Å²) in [4.78, 5) is 14.6. The van der Waals surface area contributed by atoms with Crippen molar-refractivity contribution in [2.75, 3.05) is 26.4 Å². The van der Waals surface area contributed by atoms with Gasteiger partial charge in [-0.2, -0.15) is 5.10 Å². The summed E-state index contributed by atoms with van der Waals surface area (Å²) in [7, 11) is -1.38. The molecule has 0 unspecified atom stereocenters. The van der Waals surface area contributed by atoms with E-state index in [9.17, 15) is 13.2 Å². The number of hydrogen-bond acceptors (Lipinski definition) is 4. The highest BCUT2D eigenvalue weighted by molar-refractivity contribution is 7.88. The molecule has 0 aliphatic carbocycles. The highest BCUT2D eigenvalue weighted by Gasteiger charge is 2.30. The normalized spacial score (nSPS) is 16.6. The minimum Gasteiger partial charge on any atom is -0.339 e. The maximum absolute atomic E-state index is 12.9. The van der Waals surface area contributed by atoms with Gasteiger partial charge in [-0.1, -0.05) is 18.2 Å². The molecular formula is C18H24N4O3S. The van der Waals surface area contributed by atoms with Gasteiger partial charge in [0.1, 0.15) is 0 Å². The van der Waals surface area contributed by atoms with Crippen LogP contribution in [0.25, 0.3) is 5.69 Å². The van der Waals surface area contributed by atoms with Gasteiger partial charge in [0.2, 0.25) is 10.0 Å². The van der Waals surface area contributed by atoms with Gasteiger partial charge in [0.05, 0.1) is 29.4 Å². The Balaban J connectivity index is 1.73. The molecule has 2 aromatic rings. The van der Waals surface area contributed by atoms with Gasteiger partial charge in [0.25, 0.3) is 5.91 Å². The third kappa shape index (κ3) is 3.66. The number of aromatic nitrogens is 2. The van der Waals surface area contributed by atoms with Crippen LogP contribution in [0.15, 0.2) is 36.5 Å². The van der Waals surface area contributed by atoms with E-state index in [4.69, 9.17) is 0 Å². The minimum absolute atomic E-state index is 0.0278. The Kier molecular flexibility index (Phi) is 5.15. The average molecular weight is 376 g/mol. The summed E-state index contributed by atoms with van der Waals surface area (Å²) >= 11 is 0. The first-order chi connectivity index (χ1) is 12.3. The van der Waals surface area contributed by atoms with Gasteiger partial charge < -0.3 is 4.90 Å². The largest absolute Gasteiger partial charge is 0.339 e. The molecule has 26 heavy (non-hydrogen) atoms. The van der Waals surface area contributed by atoms with E-state index in [1.165, 1.54) is 10.6 Å². The van der Waals surface area contributed by atoms with Gasteiger partial charge in [-0.25, -0.2) is 17.4 Å². The fraction of sp³-hybridized carbons (Fsp3) is 0.444. The SMILES string of the molecule is Cc1c(C(=O)N(C)C2CCN(S(C)(=O)=O)CC2)cnn1-c1ccccc1.